The van der Waals surface area contributed by atoms with Crippen LogP contribution in [0.2, 0.25) is 0 Å². The van der Waals surface area contributed by atoms with Gasteiger partial charge < -0.3 is 0 Å². The third kappa shape index (κ3) is 3.29. The van der Waals surface area contributed by atoms with Crippen molar-refractivity contribution in [3.8, 4) is 0 Å². The van der Waals surface area contributed by atoms with Gasteiger partial charge in [0.25, 0.3) is 0 Å². The first kappa shape index (κ1) is 12.2. The van der Waals surface area contributed by atoms with Gasteiger partial charge in [-0.3, -0.25) is 0 Å². The van der Waals surface area contributed by atoms with Gasteiger partial charge in [-0.25, -0.2) is 9.97 Å². The van der Waals surface area contributed by atoms with Crippen LogP contribution in [0, 0.1) is 0 Å². The zero-order valence-corrected chi connectivity index (χ0v) is 10.5. The Bertz CT molecular complexity index is 290. The molecule has 0 unspecified atom stereocenters. The summed E-state index contributed by atoms with van der Waals surface area (Å²) in [5, 5.41) is 0. The highest BCUT2D eigenvalue weighted by Crippen LogP contribution is 2.17. The normalized spacial score (nSPS) is 11.4. The number of rotatable bonds is 4. The Balaban J connectivity index is 3.08. The predicted molar refractivity (Wildman–Crippen MR) is 64.2 cm³/mol. The molecule has 0 aromatic carbocycles. The van der Waals surface area contributed by atoms with Crippen molar-refractivity contribution in [1.29, 1.82) is 0 Å². The average molecular weight is 206 g/mol. The predicted octanol–water partition coefficient (Wildman–Crippen LogP) is 3.68. The number of hydrogen-bond acceptors (Lipinski definition) is 2. The summed E-state index contributed by atoms with van der Waals surface area (Å²) in [7, 11) is 0. The van der Waals surface area contributed by atoms with Gasteiger partial charge in [-0.1, -0.05) is 41.0 Å². The molecule has 2 heteroatoms. The van der Waals surface area contributed by atoms with E-state index >= 15 is 0 Å². The molecule has 0 aliphatic heterocycles. The fourth-order valence-corrected chi connectivity index (χ4v) is 1.48. The van der Waals surface area contributed by atoms with Crippen LogP contribution in [0.15, 0.2) is 6.07 Å². The van der Waals surface area contributed by atoms with Gasteiger partial charge in [0.2, 0.25) is 0 Å². The number of nitrogens with zero attached hydrogens (tertiary/aromatic N) is 2. The molecule has 1 aromatic heterocycles. The smallest absolute Gasteiger partial charge is 0.131 e. The molecular weight excluding hydrogens is 184 g/mol. The van der Waals surface area contributed by atoms with Gasteiger partial charge >= 0.3 is 0 Å². The van der Waals surface area contributed by atoms with E-state index < -0.39 is 0 Å². The lowest BCUT2D eigenvalue weighted by Gasteiger charge is -2.11. The highest BCUT2D eigenvalue weighted by atomic mass is 14.9. The van der Waals surface area contributed by atoms with E-state index in [0.717, 1.165) is 18.7 Å². The van der Waals surface area contributed by atoms with Crippen LogP contribution in [0.5, 0.6) is 0 Å². The topological polar surface area (TPSA) is 25.8 Å². The molecule has 0 radical (unpaired) electrons. The minimum atomic E-state index is 0.416. The standard InChI is InChI=1S/C13H22N2/c1-6-7-11-8-12(9(2)3)15-13(14-11)10(4)5/h8-10H,6-7H2,1-5H3. The Labute approximate surface area is 93.2 Å². The van der Waals surface area contributed by atoms with Gasteiger partial charge in [-0.15, -0.1) is 0 Å². The molecule has 1 heterocycles. The maximum atomic E-state index is 4.60. The van der Waals surface area contributed by atoms with Crippen LogP contribution in [0.1, 0.15) is 70.1 Å². The molecule has 15 heavy (non-hydrogen) atoms. The quantitative estimate of drug-likeness (QED) is 0.751. The Morgan fingerprint density at radius 2 is 1.73 bits per heavy atom. The Hall–Kier alpha value is -0.920. The molecule has 2 nitrogen and oxygen atoms in total. The summed E-state index contributed by atoms with van der Waals surface area (Å²) in [6.07, 6.45) is 2.20. The first-order chi connectivity index (χ1) is 7.04. The SMILES string of the molecule is CCCc1cc(C(C)C)nc(C(C)C)n1. The summed E-state index contributed by atoms with van der Waals surface area (Å²) in [5.74, 6) is 1.89. The van der Waals surface area contributed by atoms with Crippen molar-refractivity contribution in [2.24, 2.45) is 0 Å². The summed E-state index contributed by atoms with van der Waals surface area (Å²) in [6, 6.07) is 2.15. The molecule has 0 aliphatic carbocycles. The van der Waals surface area contributed by atoms with E-state index in [9.17, 15) is 0 Å². The van der Waals surface area contributed by atoms with Crippen LogP contribution in [-0.4, -0.2) is 9.97 Å². The molecular formula is C13H22N2. The maximum absolute atomic E-state index is 4.60. The minimum absolute atomic E-state index is 0.416. The van der Waals surface area contributed by atoms with Gasteiger partial charge in [-0.05, 0) is 18.4 Å². The molecule has 0 atom stereocenters. The van der Waals surface area contributed by atoms with Crippen molar-refractivity contribution >= 4 is 0 Å². The molecule has 84 valence electrons. The second kappa shape index (κ2) is 5.24. The largest absolute Gasteiger partial charge is 0.238 e. The van der Waals surface area contributed by atoms with Crippen LogP contribution in [-0.2, 0) is 6.42 Å². The molecule has 0 saturated carbocycles. The van der Waals surface area contributed by atoms with Crippen molar-refractivity contribution in [1.82, 2.24) is 9.97 Å². The van der Waals surface area contributed by atoms with E-state index in [1.54, 1.807) is 0 Å². The molecule has 0 fully saturated rings. The summed E-state index contributed by atoms with van der Waals surface area (Å²) < 4.78 is 0. The average Bonchev–Trinajstić information content (AvgIpc) is 2.17. The first-order valence-electron chi connectivity index (χ1n) is 5.92. The molecule has 0 spiro atoms. The highest BCUT2D eigenvalue weighted by molar-refractivity contribution is 5.15. The summed E-state index contributed by atoms with van der Waals surface area (Å²) >= 11 is 0. The monoisotopic (exact) mass is 206 g/mol. The summed E-state index contributed by atoms with van der Waals surface area (Å²) in [6.45, 7) is 10.8. The number of hydrogen-bond donors (Lipinski definition) is 0. The fourth-order valence-electron chi connectivity index (χ4n) is 1.48. The van der Waals surface area contributed by atoms with Crippen LogP contribution in [0.25, 0.3) is 0 Å². The summed E-state index contributed by atoms with van der Waals surface area (Å²) in [4.78, 5) is 9.20. The van der Waals surface area contributed by atoms with E-state index in [-0.39, 0.29) is 0 Å². The molecule has 1 rings (SSSR count). The lowest BCUT2D eigenvalue weighted by Crippen LogP contribution is -2.06. The number of aromatic nitrogens is 2. The van der Waals surface area contributed by atoms with E-state index in [1.165, 1.54) is 11.4 Å². The van der Waals surface area contributed by atoms with Crippen LogP contribution < -0.4 is 0 Å². The maximum Gasteiger partial charge on any atom is 0.131 e. The Morgan fingerprint density at radius 1 is 1.07 bits per heavy atom. The Morgan fingerprint density at radius 3 is 2.20 bits per heavy atom. The van der Waals surface area contributed by atoms with E-state index in [4.69, 9.17) is 0 Å². The zero-order valence-electron chi connectivity index (χ0n) is 10.5. The van der Waals surface area contributed by atoms with E-state index in [2.05, 4.69) is 50.7 Å². The molecule has 0 N–H and O–H groups in total. The first-order valence-corrected chi connectivity index (χ1v) is 5.92. The molecule has 0 saturated heterocycles. The molecule has 0 amide bonds. The van der Waals surface area contributed by atoms with Crippen LogP contribution >= 0.6 is 0 Å². The van der Waals surface area contributed by atoms with Crippen molar-refractivity contribution in [2.75, 3.05) is 0 Å². The van der Waals surface area contributed by atoms with Gasteiger partial charge in [0.05, 0.1) is 0 Å². The zero-order chi connectivity index (χ0) is 11.4. The van der Waals surface area contributed by atoms with E-state index in [1.807, 2.05) is 0 Å². The van der Waals surface area contributed by atoms with Gasteiger partial charge in [0, 0.05) is 17.3 Å². The van der Waals surface area contributed by atoms with Crippen LogP contribution in [0.4, 0.5) is 0 Å². The second-order valence-electron chi connectivity index (χ2n) is 4.70. The van der Waals surface area contributed by atoms with E-state index in [0.29, 0.717) is 11.8 Å². The third-order valence-electron chi connectivity index (χ3n) is 2.43. The third-order valence-corrected chi connectivity index (χ3v) is 2.43. The van der Waals surface area contributed by atoms with Crippen molar-refractivity contribution in [2.45, 2.75) is 59.3 Å². The second-order valence-corrected chi connectivity index (χ2v) is 4.70. The van der Waals surface area contributed by atoms with Crippen LogP contribution in [0.3, 0.4) is 0 Å². The van der Waals surface area contributed by atoms with Gasteiger partial charge in [0.1, 0.15) is 5.82 Å². The molecule has 0 aliphatic rings. The molecule has 1 aromatic rings. The fraction of sp³-hybridized carbons (Fsp3) is 0.692. The minimum Gasteiger partial charge on any atom is -0.238 e. The number of aryl methyl sites for hydroxylation is 1. The summed E-state index contributed by atoms with van der Waals surface area (Å²) in [5.41, 5.74) is 2.37. The van der Waals surface area contributed by atoms with Crippen molar-refractivity contribution in [3.05, 3.63) is 23.3 Å². The Kier molecular flexibility index (Phi) is 4.25. The van der Waals surface area contributed by atoms with Gasteiger partial charge in [0.15, 0.2) is 0 Å². The lowest BCUT2D eigenvalue weighted by atomic mass is 10.1. The van der Waals surface area contributed by atoms with Gasteiger partial charge in [-0.2, -0.15) is 0 Å². The van der Waals surface area contributed by atoms with Crippen molar-refractivity contribution in [3.63, 3.8) is 0 Å². The lowest BCUT2D eigenvalue weighted by molar-refractivity contribution is 0.708. The van der Waals surface area contributed by atoms with Crippen molar-refractivity contribution < 1.29 is 0 Å². The highest BCUT2D eigenvalue weighted by Gasteiger charge is 2.09. The molecule has 0 bridgehead atoms.